The lowest BCUT2D eigenvalue weighted by atomic mass is 10.1. The molecule has 2 N–H and O–H groups in total. The molecule has 2 unspecified atom stereocenters. The van der Waals surface area contributed by atoms with Crippen LogP contribution in [0.25, 0.3) is 0 Å². The molecule has 3 rings (SSSR count). The minimum Gasteiger partial charge on any atom is -0.472 e. The SMILES string of the molecule is Cc1c([N+](=O)[O-])c(OCCCNc2nc(Cl)ncc2Cl)nn1C1CCOCC1O. The van der Waals surface area contributed by atoms with Gasteiger partial charge >= 0.3 is 11.6 Å². The highest BCUT2D eigenvalue weighted by Crippen LogP contribution is 2.34. The lowest BCUT2D eigenvalue weighted by Gasteiger charge is -2.28. The maximum absolute atomic E-state index is 11.5. The van der Waals surface area contributed by atoms with E-state index in [0.717, 1.165) is 0 Å². The predicted molar refractivity (Wildman–Crippen MR) is 105 cm³/mol. The highest BCUT2D eigenvalue weighted by Gasteiger charge is 2.33. The summed E-state index contributed by atoms with van der Waals surface area (Å²) < 4.78 is 12.2. The second-order valence-corrected chi connectivity index (χ2v) is 7.15. The molecule has 158 valence electrons. The lowest BCUT2D eigenvalue weighted by Crippen LogP contribution is -2.35. The first-order valence-electron chi connectivity index (χ1n) is 8.92. The molecule has 0 aromatic carbocycles. The molecule has 0 amide bonds. The molecule has 1 fully saturated rings. The van der Waals surface area contributed by atoms with Gasteiger partial charge in [-0.3, -0.25) is 14.8 Å². The molecule has 2 atom stereocenters. The van der Waals surface area contributed by atoms with Gasteiger partial charge < -0.3 is 19.9 Å². The fourth-order valence-corrected chi connectivity index (χ4v) is 3.32. The Kier molecular flexibility index (Phi) is 7.06. The number of nitrogens with one attached hydrogen (secondary N) is 1. The van der Waals surface area contributed by atoms with Crippen molar-refractivity contribution in [1.82, 2.24) is 19.7 Å². The Bertz CT molecular complexity index is 880. The van der Waals surface area contributed by atoms with Gasteiger partial charge in [0.25, 0.3) is 0 Å². The van der Waals surface area contributed by atoms with E-state index < -0.39 is 17.1 Å². The minimum atomic E-state index is -0.788. The van der Waals surface area contributed by atoms with Gasteiger partial charge in [0, 0.05) is 13.2 Å². The summed E-state index contributed by atoms with van der Waals surface area (Å²) in [5, 5.41) is 29.3. The van der Waals surface area contributed by atoms with Gasteiger partial charge in [0.2, 0.25) is 5.28 Å². The van der Waals surface area contributed by atoms with Gasteiger partial charge in [0.15, 0.2) is 0 Å². The molecule has 1 saturated heterocycles. The Balaban J connectivity index is 1.62. The van der Waals surface area contributed by atoms with Crippen molar-refractivity contribution in [3.63, 3.8) is 0 Å². The topological polar surface area (TPSA) is 137 Å². The number of aliphatic hydroxyl groups excluding tert-OH is 1. The first kappa shape index (κ1) is 21.5. The zero-order valence-corrected chi connectivity index (χ0v) is 17.1. The van der Waals surface area contributed by atoms with Crippen LogP contribution >= 0.6 is 23.2 Å². The molecule has 13 heteroatoms. The smallest absolute Gasteiger partial charge is 0.352 e. The lowest BCUT2D eigenvalue weighted by molar-refractivity contribution is -0.386. The van der Waals surface area contributed by atoms with Gasteiger partial charge in [-0.15, -0.1) is 5.10 Å². The van der Waals surface area contributed by atoms with E-state index in [1.165, 1.54) is 10.9 Å². The van der Waals surface area contributed by atoms with Crippen LogP contribution in [0, 0.1) is 17.0 Å². The van der Waals surface area contributed by atoms with Crippen molar-refractivity contribution in [3.05, 3.63) is 32.3 Å². The van der Waals surface area contributed by atoms with E-state index in [0.29, 0.717) is 42.5 Å². The van der Waals surface area contributed by atoms with Gasteiger partial charge in [0.1, 0.15) is 16.5 Å². The average Bonchev–Trinajstić information content (AvgIpc) is 3.01. The molecule has 0 spiro atoms. The van der Waals surface area contributed by atoms with Gasteiger partial charge in [-0.2, -0.15) is 4.98 Å². The molecule has 2 aromatic rings. The van der Waals surface area contributed by atoms with E-state index in [4.69, 9.17) is 32.7 Å². The van der Waals surface area contributed by atoms with Crippen LogP contribution in [0.15, 0.2) is 6.20 Å². The summed E-state index contributed by atoms with van der Waals surface area (Å²) in [6.45, 7) is 2.82. The number of anilines is 1. The maximum Gasteiger partial charge on any atom is 0.352 e. The van der Waals surface area contributed by atoms with Crippen LogP contribution in [0.5, 0.6) is 5.88 Å². The van der Waals surface area contributed by atoms with Gasteiger partial charge in [-0.25, -0.2) is 4.98 Å². The van der Waals surface area contributed by atoms with Crippen molar-refractivity contribution in [3.8, 4) is 5.88 Å². The van der Waals surface area contributed by atoms with Crippen LogP contribution < -0.4 is 10.1 Å². The van der Waals surface area contributed by atoms with E-state index in [1.807, 2.05) is 0 Å². The summed E-state index contributed by atoms with van der Waals surface area (Å²) in [7, 11) is 0. The van der Waals surface area contributed by atoms with Crippen molar-refractivity contribution in [2.45, 2.75) is 31.9 Å². The fourth-order valence-electron chi connectivity index (χ4n) is 3.03. The molecule has 3 heterocycles. The third kappa shape index (κ3) is 5.04. The number of hydrogen-bond acceptors (Lipinski definition) is 9. The molecular formula is C16H20Cl2N6O5. The van der Waals surface area contributed by atoms with Crippen LogP contribution in [0.3, 0.4) is 0 Å². The number of nitrogens with zero attached hydrogens (tertiary/aromatic N) is 5. The normalized spacial score (nSPS) is 19.2. The quantitative estimate of drug-likeness (QED) is 0.270. The Morgan fingerprint density at radius 3 is 3.03 bits per heavy atom. The maximum atomic E-state index is 11.5. The predicted octanol–water partition coefficient (Wildman–Crippen LogP) is 2.40. The number of aromatic nitrogens is 4. The summed E-state index contributed by atoms with van der Waals surface area (Å²) in [5.41, 5.74) is 0.124. The number of ether oxygens (including phenoxy) is 2. The fraction of sp³-hybridized carbons (Fsp3) is 0.562. The van der Waals surface area contributed by atoms with Crippen LogP contribution in [-0.4, -0.2) is 62.2 Å². The molecule has 1 aliphatic rings. The standard InChI is InChI=1S/C16H20Cl2N6O5/c1-9-13(24(26)27)15(22-23(9)11-3-6-28-8-12(11)25)29-5-2-4-19-14-10(17)7-20-16(18)21-14/h7,11-12,25H,2-6,8H2,1H3,(H,19,20,21). The highest BCUT2D eigenvalue weighted by atomic mass is 35.5. The van der Waals surface area contributed by atoms with Crippen molar-refractivity contribution < 1.29 is 19.5 Å². The Hall–Kier alpha value is -2.21. The van der Waals surface area contributed by atoms with E-state index >= 15 is 0 Å². The number of hydrogen-bond donors (Lipinski definition) is 2. The van der Waals surface area contributed by atoms with Crippen molar-refractivity contribution >= 4 is 34.7 Å². The minimum absolute atomic E-state index is 0.0695. The summed E-state index contributed by atoms with van der Waals surface area (Å²) in [4.78, 5) is 18.7. The molecular weight excluding hydrogens is 427 g/mol. The van der Waals surface area contributed by atoms with E-state index in [-0.39, 0.29) is 30.1 Å². The second-order valence-electron chi connectivity index (χ2n) is 6.40. The molecule has 0 aliphatic carbocycles. The second kappa shape index (κ2) is 9.53. The largest absolute Gasteiger partial charge is 0.472 e. The van der Waals surface area contributed by atoms with Crippen molar-refractivity contribution in [2.75, 3.05) is 31.7 Å². The third-order valence-corrected chi connectivity index (χ3v) is 4.90. The molecule has 2 aromatic heterocycles. The third-order valence-electron chi connectivity index (χ3n) is 4.44. The van der Waals surface area contributed by atoms with Crippen molar-refractivity contribution in [2.24, 2.45) is 0 Å². The van der Waals surface area contributed by atoms with E-state index in [1.54, 1.807) is 6.92 Å². The highest BCUT2D eigenvalue weighted by molar-refractivity contribution is 6.33. The van der Waals surface area contributed by atoms with Crippen LogP contribution in [-0.2, 0) is 4.74 Å². The molecule has 1 aliphatic heterocycles. The molecule has 0 bridgehead atoms. The van der Waals surface area contributed by atoms with Gasteiger partial charge in [-0.05, 0) is 31.4 Å². The summed E-state index contributed by atoms with van der Waals surface area (Å²) in [6, 6.07) is -0.397. The van der Waals surface area contributed by atoms with E-state index in [2.05, 4.69) is 20.4 Å². The van der Waals surface area contributed by atoms with Crippen LogP contribution in [0.1, 0.15) is 24.6 Å². The average molecular weight is 447 g/mol. The monoisotopic (exact) mass is 446 g/mol. The van der Waals surface area contributed by atoms with Crippen LogP contribution in [0.2, 0.25) is 10.3 Å². The number of aliphatic hydroxyl groups is 1. The number of halogens is 2. The van der Waals surface area contributed by atoms with E-state index in [9.17, 15) is 15.2 Å². The molecule has 29 heavy (non-hydrogen) atoms. The van der Waals surface area contributed by atoms with Gasteiger partial charge in [-0.1, -0.05) is 11.6 Å². The zero-order valence-electron chi connectivity index (χ0n) is 15.5. The zero-order chi connectivity index (χ0) is 21.0. The Morgan fingerprint density at radius 2 is 2.31 bits per heavy atom. The number of nitro groups is 1. The van der Waals surface area contributed by atoms with Crippen LogP contribution in [0.4, 0.5) is 11.5 Å². The summed E-state index contributed by atoms with van der Waals surface area (Å²) >= 11 is 11.7. The molecule has 11 nitrogen and oxygen atoms in total. The molecule has 0 radical (unpaired) electrons. The van der Waals surface area contributed by atoms with Crippen molar-refractivity contribution in [1.29, 1.82) is 0 Å². The first-order chi connectivity index (χ1) is 13.9. The molecule has 0 saturated carbocycles. The summed E-state index contributed by atoms with van der Waals surface area (Å²) in [6.07, 6.45) is 1.61. The van der Waals surface area contributed by atoms with Gasteiger partial charge in [0.05, 0.1) is 36.5 Å². The Morgan fingerprint density at radius 1 is 1.52 bits per heavy atom. The Labute approximate surface area is 176 Å². The number of rotatable bonds is 8. The summed E-state index contributed by atoms with van der Waals surface area (Å²) in [5.74, 6) is 0.320. The first-order valence-corrected chi connectivity index (χ1v) is 9.68.